The monoisotopic (exact) mass is 379 g/mol. The first-order valence-corrected chi connectivity index (χ1v) is 7.40. The van der Waals surface area contributed by atoms with E-state index in [9.17, 15) is 4.39 Å². The smallest absolute Gasteiger partial charge is 0.132 e. The minimum Gasteiger partial charge on any atom is -0.497 e. The van der Waals surface area contributed by atoms with Crippen molar-refractivity contribution in [2.24, 2.45) is 0 Å². The normalized spacial score (nSPS) is 10.6. The zero-order chi connectivity index (χ0) is 12.4. The van der Waals surface area contributed by atoms with E-state index in [0.717, 1.165) is 15.0 Å². The van der Waals surface area contributed by atoms with Gasteiger partial charge in [0.1, 0.15) is 11.6 Å². The third-order valence-electron chi connectivity index (χ3n) is 2.24. The van der Waals surface area contributed by atoms with E-state index >= 15 is 0 Å². The summed E-state index contributed by atoms with van der Waals surface area (Å²) in [7, 11) is 1.56. The Balaban J connectivity index is 2.55. The number of hydrogen-bond acceptors (Lipinski definition) is 3. The van der Waals surface area contributed by atoms with E-state index in [2.05, 4.69) is 36.2 Å². The van der Waals surface area contributed by atoms with Gasteiger partial charge in [-0.2, -0.15) is 4.37 Å². The fraction of sp³-hybridized carbons (Fsp3) is 0.182. The minimum absolute atomic E-state index is 0.281. The van der Waals surface area contributed by atoms with Gasteiger partial charge in [0.15, 0.2) is 0 Å². The van der Waals surface area contributed by atoms with E-state index in [1.807, 2.05) is 0 Å². The summed E-state index contributed by atoms with van der Waals surface area (Å²) in [6.45, 7) is 0. The number of benzene rings is 1. The molecule has 2 aromatic rings. The zero-order valence-corrected chi connectivity index (χ0v) is 12.8. The molecule has 0 N–H and O–H groups in total. The first kappa shape index (κ1) is 13.0. The lowest BCUT2D eigenvalue weighted by atomic mass is 10.1. The molecule has 17 heavy (non-hydrogen) atoms. The molecule has 1 aromatic carbocycles. The summed E-state index contributed by atoms with van der Waals surface area (Å²) < 4.78 is 23.9. The van der Waals surface area contributed by atoms with E-state index in [0.29, 0.717) is 16.6 Å². The SMILES string of the molecule is COc1ccc(F)c(-c2snc(CBr)c2Br)c1. The molecule has 0 saturated carbocycles. The van der Waals surface area contributed by atoms with Crippen LogP contribution in [0.15, 0.2) is 22.7 Å². The van der Waals surface area contributed by atoms with Gasteiger partial charge in [0, 0.05) is 10.9 Å². The average molecular weight is 381 g/mol. The predicted octanol–water partition coefficient (Wildman–Crippen LogP) is 4.62. The van der Waals surface area contributed by atoms with Gasteiger partial charge in [-0.15, -0.1) is 0 Å². The molecule has 1 aromatic heterocycles. The van der Waals surface area contributed by atoms with Crippen LogP contribution in [0.2, 0.25) is 0 Å². The molecule has 0 radical (unpaired) electrons. The van der Waals surface area contributed by atoms with Crippen molar-refractivity contribution in [3.05, 3.63) is 34.2 Å². The molecule has 2 rings (SSSR count). The number of rotatable bonds is 3. The van der Waals surface area contributed by atoms with Crippen LogP contribution in [0.4, 0.5) is 4.39 Å². The standard InChI is InChI=1S/C11H8Br2FNOS/c1-16-6-2-3-8(14)7(4-6)11-10(13)9(5-12)15-17-11/h2-4H,5H2,1H3. The van der Waals surface area contributed by atoms with Gasteiger partial charge in [-0.05, 0) is 45.7 Å². The Kier molecular flexibility index (Phi) is 4.17. The van der Waals surface area contributed by atoms with Crippen LogP contribution in [0.5, 0.6) is 5.75 Å². The Labute approximate surface area is 119 Å². The van der Waals surface area contributed by atoms with E-state index in [1.165, 1.54) is 17.6 Å². The van der Waals surface area contributed by atoms with Gasteiger partial charge in [0.05, 0.1) is 22.2 Å². The van der Waals surface area contributed by atoms with Gasteiger partial charge >= 0.3 is 0 Å². The summed E-state index contributed by atoms with van der Waals surface area (Å²) in [5.74, 6) is 0.346. The molecule has 0 aliphatic rings. The number of hydrogen-bond donors (Lipinski definition) is 0. The average Bonchev–Trinajstić information content (AvgIpc) is 2.71. The Morgan fingerprint density at radius 2 is 2.24 bits per heavy atom. The lowest BCUT2D eigenvalue weighted by Gasteiger charge is -2.04. The van der Waals surface area contributed by atoms with E-state index < -0.39 is 0 Å². The topological polar surface area (TPSA) is 22.1 Å². The van der Waals surface area contributed by atoms with Crippen molar-refractivity contribution in [1.82, 2.24) is 4.37 Å². The maximum atomic E-state index is 13.8. The van der Waals surface area contributed by atoms with E-state index in [1.54, 1.807) is 19.2 Å². The van der Waals surface area contributed by atoms with Crippen LogP contribution in [0.3, 0.4) is 0 Å². The van der Waals surface area contributed by atoms with Crippen LogP contribution < -0.4 is 4.74 Å². The van der Waals surface area contributed by atoms with Gasteiger partial charge in [0.2, 0.25) is 0 Å². The van der Waals surface area contributed by atoms with Crippen LogP contribution in [-0.4, -0.2) is 11.5 Å². The Morgan fingerprint density at radius 1 is 1.47 bits per heavy atom. The maximum absolute atomic E-state index is 13.8. The summed E-state index contributed by atoms with van der Waals surface area (Å²) in [6.07, 6.45) is 0. The Morgan fingerprint density at radius 3 is 2.82 bits per heavy atom. The summed E-state index contributed by atoms with van der Waals surface area (Å²) in [4.78, 5) is 0.774. The molecule has 0 bridgehead atoms. The molecule has 0 aliphatic heterocycles. The molecule has 2 nitrogen and oxygen atoms in total. The summed E-state index contributed by atoms with van der Waals surface area (Å²) in [5, 5.41) is 0.635. The van der Waals surface area contributed by atoms with Crippen molar-refractivity contribution in [2.45, 2.75) is 5.33 Å². The van der Waals surface area contributed by atoms with Crippen LogP contribution in [-0.2, 0) is 5.33 Å². The van der Waals surface area contributed by atoms with Gasteiger partial charge < -0.3 is 4.74 Å². The second kappa shape index (κ2) is 5.46. The number of nitrogens with zero attached hydrogens (tertiary/aromatic N) is 1. The molecule has 1 heterocycles. The van der Waals surface area contributed by atoms with E-state index in [4.69, 9.17) is 4.74 Å². The quantitative estimate of drug-likeness (QED) is 0.725. The molecule has 0 aliphatic carbocycles. The molecule has 0 unspecified atom stereocenters. The maximum Gasteiger partial charge on any atom is 0.132 e. The van der Waals surface area contributed by atoms with Gasteiger partial charge in [0.25, 0.3) is 0 Å². The number of methoxy groups -OCH3 is 1. The molecule has 6 heteroatoms. The largest absolute Gasteiger partial charge is 0.497 e. The highest BCUT2D eigenvalue weighted by Gasteiger charge is 2.16. The molecular formula is C11H8Br2FNOS. The van der Waals surface area contributed by atoms with Crippen molar-refractivity contribution >= 4 is 43.4 Å². The van der Waals surface area contributed by atoms with Crippen LogP contribution in [0.1, 0.15) is 5.69 Å². The summed E-state index contributed by atoms with van der Waals surface area (Å²) in [6, 6.07) is 4.67. The molecule has 0 fully saturated rings. The highest BCUT2D eigenvalue weighted by Crippen LogP contribution is 2.38. The van der Waals surface area contributed by atoms with Crippen molar-refractivity contribution in [3.63, 3.8) is 0 Å². The lowest BCUT2D eigenvalue weighted by Crippen LogP contribution is -1.87. The molecule has 0 amide bonds. The molecule has 0 spiro atoms. The highest BCUT2D eigenvalue weighted by molar-refractivity contribution is 9.11. The molecular weight excluding hydrogens is 373 g/mol. The van der Waals surface area contributed by atoms with Gasteiger partial charge in [-0.3, -0.25) is 0 Å². The predicted molar refractivity (Wildman–Crippen MR) is 74.4 cm³/mol. The first-order chi connectivity index (χ1) is 8.17. The van der Waals surface area contributed by atoms with Crippen LogP contribution >= 0.6 is 43.4 Å². The number of halogens is 3. The fourth-order valence-electron chi connectivity index (χ4n) is 1.37. The molecule has 0 atom stereocenters. The van der Waals surface area contributed by atoms with Gasteiger partial charge in [-0.25, -0.2) is 4.39 Å². The van der Waals surface area contributed by atoms with Gasteiger partial charge in [-0.1, -0.05) is 15.9 Å². The summed E-state index contributed by atoms with van der Waals surface area (Å²) >= 11 is 8.04. The second-order valence-electron chi connectivity index (χ2n) is 3.25. The molecule has 0 saturated heterocycles. The Bertz CT molecular complexity index is 544. The summed E-state index contributed by atoms with van der Waals surface area (Å²) in [5.41, 5.74) is 1.37. The van der Waals surface area contributed by atoms with Crippen molar-refractivity contribution in [1.29, 1.82) is 0 Å². The Hall–Kier alpha value is -0.460. The fourth-order valence-corrected chi connectivity index (χ4v) is 3.90. The third kappa shape index (κ3) is 2.53. The lowest BCUT2D eigenvalue weighted by molar-refractivity contribution is 0.414. The van der Waals surface area contributed by atoms with Crippen molar-refractivity contribution in [3.8, 4) is 16.2 Å². The zero-order valence-electron chi connectivity index (χ0n) is 8.84. The minimum atomic E-state index is -0.281. The second-order valence-corrected chi connectivity index (χ2v) is 5.38. The third-order valence-corrected chi connectivity index (χ3v) is 4.81. The number of ether oxygens (including phenoxy) is 1. The van der Waals surface area contributed by atoms with Crippen LogP contribution in [0, 0.1) is 5.82 Å². The highest BCUT2D eigenvalue weighted by atomic mass is 79.9. The number of aromatic nitrogens is 1. The van der Waals surface area contributed by atoms with Crippen molar-refractivity contribution in [2.75, 3.05) is 7.11 Å². The van der Waals surface area contributed by atoms with Crippen molar-refractivity contribution < 1.29 is 9.13 Å². The first-order valence-electron chi connectivity index (χ1n) is 4.71. The van der Waals surface area contributed by atoms with Crippen LogP contribution in [0.25, 0.3) is 10.4 Å². The number of alkyl halides is 1. The van der Waals surface area contributed by atoms with E-state index in [-0.39, 0.29) is 5.82 Å². The molecule has 90 valence electrons.